The van der Waals surface area contributed by atoms with Gasteiger partial charge in [0.1, 0.15) is 0 Å². The van der Waals surface area contributed by atoms with Crippen LogP contribution in [0.1, 0.15) is 78.6 Å². The van der Waals surface area contributed by atoms with Crippen LogP contribution in [0.5, 0.6) is 0 Å². The van der Waals surface area contributed by atoms with Crippen molar-refractivity contribution in [1.82, 2.24) is 0 Å². The zero-order valence-electron chi connectivity index (χ0n) is 13.6. The number of carbonyl (C=O) groups is 2. The third-order valence-corrected chi connectivity index (χ3v) is 3.92. The van der Waals surface area contributed by atoms with Crippen molar-refractivity contribution >= 4 is 11.9 Å². The van der Waals surface area contributed by atoms with Crippen LogP contribution in [-0.2, 0) is 9.59 Å². The zero-order chi connectivity index (χ0) is 16.3. The summed E-state index contributed by atoms with van der Waals surface area (Å²) in [6.07, 6.45) is 6.85. The average Bonchev–Trinajstić information content (AvgIpc) is 2.44. The molecule has 0 saturated carbocycles. The predicted molar refractivity (Wildman–Crippen MR) is 79.1 cm³/mol. The number of carboxylic acids is 2. The zero-order valence-corrected chi connectivity index (χ0v) is 13.6. The Kier molecular flexibility index (Phi) is 10.6. The van der Waals surface area contributed by atoms with Crippen molar-refractivity contribution in [2.24, 2.45) is 5.92 Å². The van der Waals surface area contributed by atoms with Gasteiger partial charge in [0, 0.05) is 0 Å². The second-order valence-electron chi connectivity index (χ2n) is 5.61. The fourth-order valence-corrected chi connectivity index (χ4v) is 2.49. The first-order valence-corrected chi connectivity index (χ1v) is 8.12. The summed E-state index contributed by atoms with van der Waals surface area (Å²) in [6.45, 7) is 6.10. The van der Waals surface area contributed by atoms with Gasteiger partial charge >= 0.3 is 0 Å². The molecule has 0 amide bonds. The van der Waals surface area contributed by atoms with Gasteiger partial charge in [0.25, 0.3) is 0 Å². The van der Waals surface area contributed by atoms with E-state index in [1.807, 2.05) is 13.8 Å². The van der Waals surface area contributed by atoms with Gasteiger partial charge in [-0.2, -0.15) is 0 Å². The Hall–Kier alpha value is -1.32. The van der Waals surface area contributed by atoms with E-state index in [1.54, 1.807) is 0 Å². The van der Waals surface area contributed by atoms with Crippen LogP contribution in [0.25, 0.3) is 0 Å². The lowest BCUT2D eigenvalue weighted by molar-refractivity contribution is -0.304. The van der Waals surface area contributed by atoms with Gasteiger partial charge in [0.05, 0.1) is 11.9 Å². The molecule has 0 aliphatic carbocycles. The van der Waals surface area contributed by atoms with Crippen LogP contribution in [0.15, 0.2) is 11.1 Å². The smallest absolute Gasteiger partial charge is 0.0678 e. The highest BCUT2D eigenvalue weighted by atomic mass is 16.4. The minimum absolute atomic E-state index is 0.0611. The first kappa shape index (κ1) is 19.7. The Balaban J connectivity index is 5.11. The van der Waals surface area contributed by atoms with Gasteiger partial charge in [-0.15, -0.1) is 0 Å². The van der Waals surface area contributed by atoms with E-state index in [-0.39, 0.29) is 29.9 Å². The van der Waals surface area contributed by atoms with E-state index < -0.39 is 11.9 Å². The molecule has 0 bridgehead atoms. The Bertz CT molecular complexity index is 358. The third-order valence-electron chi connectivity index (χ3n) is 3.92. The van der Waals surface area contributed by atoms with Crippen molar-refractivity contribution < 1.29 is 19.8 Å². The van der Waals surface area contributed by atoms with Crippen molar-refractivity contribution in [2.45, 2.75) is 78.6 Å². The molecule has 0 heterocycles. The summed E-state index contributed by atoms with van der Waals surface area (Å²) >= 11 is 0. The monoisotopic (exact) mass is 296 g/mol. The molecule has 0 rings (SSSR count). The molecule has 4 heteroatoms. The van der Waals surface area contributed by atoms with Gasteiger partial charge < -0.3 is 19.8 Å². The molecule has 0 aromatic carbocycles. The number of hydrogen-bond donors (Lipinski definition) is 0. The van der Waals surface area contributed by atoms with Crippen molar-refractivity contribution in [3.05, 3.63) is 11.1 Å². The highest BCUT2D eigenvalue weighted by Crippen LogP contribution is 2.25. The van der Waals surface area contributed by atoms with E-state index >= 15 is 0 Å². The summed E-state index contributed by atoms with van der Waals surface area (Å²) in [7, 11) is 0. The molecule has 0 radical (unpaired) electrons. The molecule has 4 nitrogen and oxygen atoms in total. The van der Waals surface area contributed by atoms with Crippen LogP contribution in [0.2, 0.25) is 0 Å². The van der Waals surface area contributed by atoms with E-state index in [4.69, 9.17) is 0 Å². The van der Waals surface area contributed by atoms with Crippen molar-refractivity contribution in [3.8, 4) is 0 Å². The van der Waals surface area contributed by atoms with E-state index in [2.05, 4.69) is 6.92 Å². The molecule has 1 atom stereocenters. The lowest BCUT2D eigenvalue weighted by atomic mass is 9.88. The molecular formula is C17H28O4-2. The molecular weight excluding hydrogens is 268 g/mol. The Morgan fingerprint density at radius 2 is 1.43 bits per heavy atom. The fourth-order valence-electron chi connectivity index (χ4n) is 2.49. The second kappa shape index (κ2) is 11.4. The van der Waals surface area contributed by atoms with Crippen LogP contribution >= 0.6 is 0 Å². The summed E-state index contributed by atoms with van der Waals surface area (Å²) in [5.41, 5.74) is -0.132. The van der Waals surface area contributed by atoms with Crippen LogP contribution in [0.4, 0.5) is 0 Å². The van der Waals surface area contributed by atoms with Gasteiger partial charge in [-0.05, 0) is 36.3 Å². The summed E-state index contributed by atoms with van der Waals surface area (Å²) < 4.78 is 0. The average molecular weight is 296 g/mol. The molecule has 0 spiro atoms. The van der Waals surface area contributed by atoms with Crippen molar-refractivity contribution in [3.63, 3.8) is 0 Å². The second-order valence-corrected chi connectivity index (χ2v) is 5.61. The van der Waals surface area contributed by atoms with Crippen LogP contribution in [0, 0.1) is 5.92 Å². The van der Waals surface area contributed by atoms with E-state index in [1.165, 1.54) is 0 Å². The molecule has 122 valence electrons. The van der Waals surface area contributed by atoms with Gasteiger partial charge in [-0.3, -0.25) is 0 Å². The molecule has 0 fully saturated rings. The molecule has 0 N–H and O–H groups in total. The summed E-state index contributed by atoms with van der Waals surface area (Å²) in [6, 6.07) is 0. The SMILES string of the molecule is CCCCC/C(C(=O)[O-])=C(\CC(CC)CCCC)C(=O)[O-]. The lowest BCUT2D eigenvalue weighted by Gasteiger charge is -2.22. The van der Waals surface area contributed by atoms with Gasteiger partial charge in [0.2, 0.25) is 0 Å². The number of carbonyl (C=O) groups excluding carboxylic acids is 2. The summed E-state index contributed by atoms with van der Waals surface area (Å²) in [5.74, 6) is -2.53. The number of hydrogen-bond acceptors (Lipinski definition) is 4. The fraction of sp³-hybridized carbons (Fsp3) is 0.765. The number of unbranched alkanes of at least 4 members (excludes halogenated alkanes) is 3. The van der Waals surface area contributed by atoms with Crippen molar-refractivity contribution in [2.75, 3.05) is 0 Å². The molecule has 21 heavy (non-hydrogen) atoms. The quantitative estimate of drug-likeness (QED) is 0.407. The topological polar surface area (TPSA) is 80.3 Å². The molecule has 0 saturated heterocycles. The van der Waals surface area contributed by atoms with Gasteiger partial charge in [0.15, 0.2) is 0 Å². The van der Waals surface area contributed by atoms with E-state index in [0.29, 0.717) is 6.42 Å². The Labute approximate surface area is 128 Å². The maximum absolute atomic E-state index is 11.3. The van der Waals surface area contributed by atoms with Gasteiger partial charge in [-0.1, -0.05) is 59.3 Å². The minimum atomic E-state index is -1.37. The third kappa shape index (κ3) is 7.88. The lowest BCUT2D eigenvalue weighted by Crippen LogP contribution is -2.32. The standard InChI is InChI=1S/C17H30O4/c1-4-7-9-11-14(16(18)19)15(17(20)21)12-13(6-3)10-8-5-2/h13H,4-12H2,1-3H3,(H,18,19)(H,20,21)/p-2/b15-14-. The van der Waals surface area contributed by atoms with Gasteiger partial charge in [-0.25, -0.2) is 0 Å². The first-order chi connectivity index (χ1) is 9.97. The van der Waals surface area contributed by atoms with Crippen LogP contribution in [-0.4, -0.2) is 11.9 Å². The molecule has 0 aliphatic rings. The number of carboxylic acid groups (broad SMARTS) is 2. The molecule has 0 aromatic rings. The predicted octanol–water partition coefficient (Wildman–Crippen LogP) is 1.97. The van der Waals surface area contributed by atoms with E-state index in [9.17, 15) is 19.8 Å². The van der Waals surface area contributed by atoms with Crippen molar-refractivity contribution in [1.29, 1.82) is 0 Å². The molecule has 0 aromatic heterocycles. The maximum atomic E-state index is 11.3. The first-order valence-electron chi connectivity index (χ1n) is 8.12. The minimum Gasteiger partial charge on any atom is -0.545 e. The summed E-state index contributed by atoms with van der Waals surface area (Å²) in [4.78, 5) is 22.6. The Morgan fingerprint density at radius 1 is 0.857 bits per heavy atom. The number of rotatable bonds is 12. The maximum Gasteiger partial charge on any atom is 0.0678 e. The highest BCUT2D eigenvalue weighted by Gasteiger charge is 2.15. The number of aliphatic carboxylic acids is 2. The molecule has 1 unspecified atom stereocenters. The summed E-state index contributed by atoms with van der Waals surface area (Å²) in [5, 5.41) is 22.6. The normalized spacial score (nSPS) is 13.7. The van der Waals surface area contributed by atoms with Crippen LogP contribution < -0.4 is 10.2 Å². The Morgan fingerprint density at radius 3 is 1.86 bits per heavy atom. The largest absolute Gasteiger partial charge is 0.545 e. The van der Waals surface area contributed by atoms with E-state index in [0.717, 1.165) is 38.5 Å². The highest BCUT2D eigenvalue weighted by molar-refractivity contribution is 5.97. The van der Waals surface area contributed by atoms with Crippen LogP contribution in [0.3, 0.4) is 0 Å². The molecule has 0 aliphatic heterocycles.